The summed E-state index contributed by atoms with van der Waals surface area (Å²) in [7, 11) is 0. The van der Waals surface area contributed by atoms with E-state index in [1.165, 1.54) is 5.57 Å². The third-order valence-electron chi connectivity index (χ3n) is 15.7. The zero-order valence-electron chi connectivity index (χ0n) is 34.9. The van der Waals surface area contributed by atoms with Gasteiger partial charge in [-0.15, -0.1) is 10.1 Å². The standard InChI is InChI=1S/C42H67N3O10/c1-25(2)33(44-34(47)26(3)43)35(48)52-21-22-53-36(49)42-19-17-37(4,5)23-28(42)27-11-12-30-39(8)15-14-31(55-32(46)24-54-45(50)51)38(6,7)29(39)13-16-41(30,10)40(27,9)18-20-42/h11,25-26,28-31,33H,12-24,43H2,1-10H3,(H,44,47)/t26-,28-,29-,30+,31-,33-,39-,40+,41+,42-/m0/s1. The Balaban J connectivity index is 1.34. The minimum Gasteiger partial charge on any atom is -0.462 e. The van der Waals surface area contributed by atoms with Gasteiger partial charge in [-0.3, -0.25) is 9.59 Å². The van der Waals surface area contributed by atoms with Gasteiger partial charge in [0.15, 0.2) is 6.61 Å². The number of ether oxygens (including phenoxy) is 3. The highest BCUT2D eigenvalue weighted by Gasteiger charge is 2.69. The lowest BCUT2D eigenvalue weighted by molar-refractivity contribution is -0.754. The molecule has 0 saturated heterocycles. The highest BCUT2D eigenvalue weighted by Crippen LogP contribution is 2.76. The zero-order valence-corrected chi connectivity index (χ0v) is 34.9. The maximum atomic E-state index is 14.4. The van der Waals surface area contributed by atoms with Crippen molar-refractivity contribution >= 4 is 23.8 Å². The molecule has 4 fully saturated rings. The number of fused-ring (bicyclic) bond motifs is 7. The van der Waals surface area contributed by atoms with Gasteiger partial charge in [0.1, 0.15) is 25.4 Å². The lowest BCUT2D eigenvalue weighted by Crippen LogP contribution is -2.65. The van der Waals surface area contributed by atoms with Crippen LogP contribution in [0.15, 0.2) is 11.6 Å². The molecule has 1 amide bonds. The van der Waals surface area contributed by atoms with Gasteiger partial charge < -0.3 is 30.1 Å². The molecule has 0 aromatic carbocycles. The van der Waals surface area contributed by atoms with Crippen LogP contribution in [0, 0.1) is 66.3 Å². The van der Waals surface area contributed by atoms with Gasteiger partial charge in [0.25, 0.3) is 5.09 Å². The van der Waals surface area contributed by atoms with Crippen molar-refractivity contribution in [3.63, 3.8) is 0 Å². The molecule has 5 rings (SSSR count). The van der Waals surface area contributed by atoms with Gasteiger partial charge in [-0.05, 0) is 116 Å². The number of nitrogens with one attached hydrogen (secondary N) is 1. The number of rotatable bonds is 12. The Hall–Kier alpha value is -3.22. The first-order valence-electron chi connectivity index (χ1n) is 20.5. The largest absolute Gasteiger partial charge is 0.462 e. The van der Waals surface area contributed by atoms with E-state index in [-0.39, 0.29) is 70.1 Å². The first-order valence-corrected chi connectivity index (χ1v) is 20.5. The van der Waals surface area contributed by atoms with E-state index in [1.807, 2.05) is 13.8 Å². The lowest BCUT2D eigenvalue weighted by atomic mass is 9.33. The van der Waals surface area contributed by atoms with Gasteiger partial charge in [0.05, 0.1) is 11.5 Å². The highest BCUT2D eigenvalue weighted by atomic mass is 17.0. The monoisotopic (exact) mass is 773 g/mol. The van der Waals surface area contributed by atoms with Crippen LogP contribution in [0.5, 0.6) is 0 Å². The summed E-state index contributed by atoms with van der Waals surface area (Å²) in [5.41, 5.74) is 6.03. The summed E-state index contributed by atoms with van der Waals surface area (Å²) in [6.45, 7) is 20.7. The van der Waals surface area contributed by atoms with E-state index in [0.29, 0.717) is 12.3 Å². The molecule has 0 radical (unpaired) electrons. The topological polar surface area (TPSA) is 186 Å². The van der Waals surface area contributed by atoms with Crippen LogP contribution in [0.1, 0.15) is 133 Å². The first kappa shape index (κ1) is 42.9. The van der Waals surface area contributed by atoms with Crippen molar-refractivity contribution in [1.29, 1.82) is 0 Å². The maximum Gasteiger partial charge on any atom is 0.332 e. The van der Waals surface area contributed by atoms with E-state index in [4.69, 9.17) is 19.9 Å². The van der Waals surface area contributed by atoms with Gasteiger partial charge in [-0.25, -0.2) is 9.59 Å². The molecule has 0 aliphatic heterocycles. The Morgan fingerprint density at radius 1 is 0.909 bits per heavy atom. The van der Waals surface area contributed by atoms with Gasteiger partial charge >= 0.3 is 17.9 Å². The Morgan fingerprint density at radius 2 is 1.56 bits per heavy atom. The predicted molar refractivity (Wildman–Crippen MR) is 204 cm³/mol. The number of hydrogen-bond acceptors (Lipinski definition) is 11. The van der Waals surface area contributed by atoms with Crippen molar-refractivity contribution in [3.05, 3.63) is 21.8 Å². The normalized spacial score (nSPS) is 36.9. The summed E-state index contributed by atoms with van der Waals surface area (Å²) in [5, 5.41) is 12.4. The van der Waals surface area contributed by atoms with Gasteiger partial charge in [0.2, 0.25) is 5.91 Å². The molecule has 0 unspecified atom stereocenters. The quantitative estimate of drug-likeness (QED) is 0.0552. The molecule has 13 nitrogen and oxygen atoms in total. The summed E-state index contributed by atoms with van der Waals surface area (Å²) >= 11 is 0. The Kier molecular flexibility index (Phi) is 11.9. The van der Waals surface area contributed by atoms with E-state index in [0.717, 1.165) is 57.8 Å². The Bertz CT molecular complexity index is 1560. The van der Waals surface area contributed by atoms with Crippen LogP contribution in [0.3, 0.4) is 0 Å². The second-order valence-electron chi connectivity index (χ2n) is 20.0. The Morgan fingerprint density at radius 3 is 2.20 bits per heavy atom. The van der Waals surface area contributed by atoms with Crippen LogP contribution in [0.4, 0.5) is 0 Å². The molecular formula is C42H67N3O10. The first-order chi connectivity index (χ1) is 25.4. The average Bonchev–Trinajstić information content (AvgIpc) is 3.08. The second-order valence-corrected chi connectivity index (χ2v) is 20.0. The van der Waals surface area contributed by atoms with Crippen LogP contribution in [-0.4, -0.2) is 66.9 Å². The second kappa shape index (κ2) is 15.3. The molecule has 310 valence electrons. The summed E-state index contributed by atoms with van der Waals surface area (Å²) in [5.74, 6) is -1.43. The number of carbonyl (C=O) groups is 4. The van der Waals surface area contributed by atoms with E-state index in [2.05, 4.69) is 64.7 Å². The van der Waals surface area contributed by atoms with E-state index in [9.17, 15) is 29.3 Å². The third-order valence-corrected chi connectivity index (χ3v) is 15.7. The van der Waals surface area contributed by atoms with Crippen LogP contribution in [0.25, 0.3) is 0 Å². The van der Waals surface area contributed by atoms with Gasteiger partial charge in [0, 0.05) is 5.41 Å². The van der Waals surface area contributed by atoms with Gasteiger partial charge in [-0.2, -0.15) is 0 Å². The number of allylic oxidation sites excluding steroid dienone is 2. The average molecular weight is 774 g/mol. The van der Waals surface area contributed by atoms with Crippen molar-refractivity contribution in [2.45, 2.75) is 152 Å². The number of esters is 3. The van der Waals surface area contributed by atoms with Crippen molar-refractivity contribution < 1.29 is 43.3 Å². The van der Waals surface area contributed by atoms with E-state index in [1.54, 1.807) is 6.92 Å². The van der Waals surface area contributed by atoms with Crippen molar-refractivity contribution in [2.24, 2.45) is 61.9 Å². The summed E-state index contributed by atoms with van der Waals surface area (Å²) in [6, 6.07) is -1.61. The molecule has 5 aliphatic carbocycles. The summed E-state index contributed by atoms with van der Waals surface area (Å²) < 4.78 is 17.4. The molecule has 10 atom stereocenters. The van der Waals surface area contributed by atoms with Crippen molar-refractivity contribution in [3.8, 4) is 0 Å². The molecule has 0 aromatic rings. The predicted octanol–water partition coefficient (Wildman–Crippen LogP) is 6.48. The fraction of sp³-hybridized carbons (Fsp3) is 0.857. The molecule has 55 heavy (non-hydrogen) atoms. The molecule has 0 spiro atoms. The minimum absolute atomic E-state index is 0.0154. The molecule has 0 heterocycles. The third kappa shape index (κ3) is 7.64. The number of hydrogen-bond donors (Lipinski definition) is 2. The zero-order chi connectivity index (χ0) is 40.9. The van der Waals surface area contributed by atoms with E-state index >= 15 is 0 Å². The molecule has 0 aromatic heterocycles. The van der Waals surface area contributed by atoms with Crippen molar-refractivity contribution in [2.75, 3.05) is 19.8 Å². The summed E-state index contributed by atoms with van der Waals surface area (Å²) in [6.07, 6.45) is 10.8. The molecule has 3 N–H and O–H groups in total. The number of nitrogens with two attached hydrogens (primary N) is 1. The molecule has 4 saturated carbocycles. The SMILES string of the molecule is CC(C)[C@H](NC(=O)[C@H](C)N)C(=O)OCCOC(=O)[C@]12CCC(C)(C)C[C@H]1C1=CC[C@@H]3[C@@]4(C)CC[C@H](OC(=O)CO[N+](=O)[O-])C(C)(C)[C@@H]4CC[C@@]3(C)[C@]1(C)CC2. The van der Waals surface area contributed by atoms with Gasteiger partial charge in [-0.1, -0.05) is 74.0 Å². The van der Waals surface area contributed by atoms with Crippen LogP contribution < -0.4 is 11.1 Å². The van der Waals surface area contributed by atoms with Crippen molar-refractivity contribution in [1.82, 2.24) is 5.32 Å². The fourth-order valence-corrected chi connectivity index (χ4v) is 12.4. The lowest BCUT2D eigenvalue weighted by Gasteiger charge is -2.71. The maximum absolute atomic E-state index is 14.4. The minimum atomic E-state index is -0.970. The molecular weight excluding hydrogens is 706 g/mol. The molecule has 0 bridgehead atoms. The summed E-state index contributed by atoms with van der Waals surface area (Å²) in [4.78, 5) is 67.0. The highest BCUT2D eigenvalue weighted by molar-refractivity contribution is 5.87. The Labute approximate surface area is 327 Å². The van der Waals surface area contributed by atoms with E-state index < -0.39 is 47.0 Å². The molecule has 5 aliphatic rings. The number of carbonyl (C=O) groups excluding carboxylic acids is 4. The smallest absolute Gasteiger partial charge is 0.332 e. The number of nitrogens with zero attached hydrogens (tertiary/aromatic N) is 1. The van der Waals surface area contributed by atoms with Crippen LogP contribution >= 0.6 is 0 Å². The van der Waals surface area contributed by atoms with Crippen LogP contribution in [0.2, 0.25) is 0 Å². The molecule has 13 heteroatoms. The van der Waals surface area contributed by atoms with Crippen LogP contribution in [-0.2, 0) is 38.2 Å². The fourth-order valence-electron chi connectivity index (χ4n) is 12.4. The number of amides is 1.